The molecule has 2 rings (SSSR count). The minimum absolute atomic E-state index is 0.705. The maximum absolute atomic E-state index is 8.79. The van der Waals surface area contributed by atoms with Crippen LogP contribution in [-0.4, -0.2) is 18.0 Å². The summed E-state index contributed by atoms with van der Waals surface area (Å²) in [6.07, 6.45) is 3.83. The fraction of sp³-hybridized carbons (Fsp3) is 0.438. The van der Waals surface area contributed by atoms with Crippen molar-refractivity contribution in [1.82, 2.24) is 4.90 Å². The lowest BCUT2D eigenvalue weighted by atomic mass is 9.93. The van der Waals surface area contributed by atoms with E-state index in [2.05, 4.69) is 24.5 Å². The van der Waals surface area contributed by atoms with E-state index in [1.54, 1.807) is 0 Å². The van der Waals surface area contributed by atoms with Gasteiger partial charge in [0.05, 0.1) is 11.6 Å². The average molecular weight is 240 g/mol. The van der Waals surface area contributed by atoms with Crippen LogP contribution in [0.2, 0.25) is 0 Å². The largest absolute Gasteiger partial charge is 0.372 e. The first kappa shape index (κ1) is 12.7. The van der Waals surface area contributed by atoms with E-state index < -0.39 is 0 Å². The van der Waals surface area contributed by atoms with Crippen molar-refractivity contribution >= 4 is 5.70 Å². The number of piperidine rings is 1. The summed E-state index contributed by atoms with van der Waals surface area (Å²) < 4.78 is 0. The fourth-order valence-electron chi connectivity index (χ4n) is 2.53. The molecule has 1 saturated heterocycles. The van der Waals surface area contributed by atoms with Gasteiger partial charge in [-0.3, -0.25) is 0 Å². The molecule has 2 heteroatoms. The Morgan fingerprint density at radius 2 is 1.94 bits per heavy atom. The maximum atomic E-state index is 8.79. The lowest BCUT2D eigenvalue weighted by molar-refractivity contribution is 0.251. The molecule has 1 aromatic rings. The van der Waals surface area contributed by atoms with E-state index in [9.17, 15) is 0 Å². The van der Waals surface area contributed by atoms with Crippen molar-refractivity contribution in [3.8, 4) is 6.07 Å². The standard InChI is InChI=1S/C16H20N2/c1-3-14-8-10-18(11-9-14)13(2)16-6-4-15(12-17)5-7-16/h4-7,14H,2-3,8-11H2,1H3. The third kappa shape index (κ3) is 2.73. The summed E-state index contributed by atoms with van der Waals surface area (Å²) in [6.45, 7) is 8.69. The van der Waals surface area contributed by atoms with E-state index in [0.29, 0.717) is 5.56 Å². The number of nitrogens with zero attached hydrogens (tertiary/aromatic N) is 2. The van der Waals surface area contributed by atoms with Gasteiger partial charge >= 0.3 is 0 Å². The highest BCUT2D eigenvalue weighted by atomic mass is 15.1. The van der Waals surface area contributed by atoms with Gasteiger partial charge in [-0.05, 0) is 36.5 Å². The van der Waals surface area contributed by atoms with E-state index in [1.807, 2.05) is 24.3 Å². The predicted octanol–water partition coefficient (Wildman–Crippen LogP) is 3.65. The smallest absolute Gasteiger partial charge is 0.0991 e. The molecule has 0 saturated carbocycles. The van der Waals surface area contributed by atoms with Crippen molar-refractivity contribution in [2.24, 2.45) is 5.92 Å². The van der Waals surface area contributed by atoms with Gasteiger partial charge in [-0.1, -0.05) is 32.1 Å². The summed E-state index contributed by atoms with van der Waals surface area (Å²) in [5.41, 5.74) is 2.93. The zero-order valence-electron chi connectivity index (χ0n) is 11.0. The first-order chi connectivity index (χ1) is 8.74. The monoisotopic (exact) mass is 240 g/mol. The Bertz CT molecular complexity index is 445. The SMILES string of the molecule is C=C(c1ccc(C#N)cc1)N1CCC(CC)CC1. The molecule has 1 aromatic carbocycles. The number of benzene rings is 1. The zero-order valence-corrected chi connectivity index (χ0v) is 11.0. The molecule has 0 amide bonds. The molecule has 0 unspecified atom stereocenters. The Labute approximate surface area is 110 Å². The number of hydrogen-bond acceptors (Lipinski definition) is 2. The van der Waals surface area contributed by atoms with Gasteiger partial charge in [0, 0.05) is 18.8 Å². The molecule has 0 bridgehead atoms. The molecule has 0 radical (unpaired) electrons. The van der Waals surface area contributed by atoms with Gasteiger partial charge in [-0.15, -0.1) is 0 Å². The molecular formula is C16H20N2. The molecule has 0 aromatic heterocycles. The van der Waals surface area contributed by atoms with E-state index in [1.165, 1.54) is 19.3 Å². The molecule has 18 heavy (non-hydrogen) atoms. The molecule has 2 nitrogen and oxygen atoms in total. The number of hydrogen-bond donors (Lipinski definition) is 0. The first-order valence-corrected chi connectivity index (χ1v) is 6.69. The third-order valence-corrected chi connectivity index (χ3v) is 3.92. The van der Waals surface area contributed by atoms with Gasteiger partial charge in [0.2, 0.25) is 0 Å². The highest BCUT2D eigenvalue weighted by molar-refractivity contribution is 5.62. The molecule has 1 aliphatic rings. The predicted molar refractivity (Wildman–Crippen MR) is 74.8 cm³/mol. The van der Waals surface area contributed by atoms with Gasteiger partial charge in [0.1, 0.15) is 0 Å². The maximum Gasteiger partial charge on any atom is 0.0991 e. The lowest BCUT2D eigenvalue weighted by Gasteiger charge is -2.34. The Balaban J connectivity index is 2.01. The molecule has 0 spiro atoms. The summed E-state index contributed by atoms with van der Waals surface area (Å²) in [5, 5.41) is 8.79. The normalized spacial score (nSPS) is 16.3. The highest BCUT2D eigenvalue weighted by Crippen LogP contribution is 2.26. The number of nitriles is 1. The Hall–Kier alpha value is -1.75. The van der Waals surface area contributed by atoms with Gasteiger partial charge in [0.25, 0.3) is 0 Å². The topological polar surface area (TPSA) is 27.0 Å². The van der Waals surface area contributed by atoms with Crippen molar-refractivity contribution in [3.63, 3.8) is 0 Å². The fourth-order valence-corrected chi connectivity index (χ4v) is 2.53. The molecule has 0 N–H and O–H groups in total. The minimum Gasteiger partial charge on any atom is -0.372 e. The molecule has 94 valence electrons. The van der Waals surface area contributed by atoms with Gasteiger partial charge < -0.3 is 4.90 Å². The molecular weight excluding hydrogens is 220 g/mol. The molecule has 0 aliphatic carbocycles. The van der Waals surface area contributed by atoms with Crippen LogP contribution in [0.15, 0.2) is 30.8 Å². The third-order valence-electron chi connectivity index (χ3n) is 3.92. The Kier molecular flexibility index (Phi) is 4.04. The van der Waals surface area contributed by atoms with Crippen LogP contribution in [0.1, 0.15) is 37.3 Å². The van der Waals surface area contributed by atoms with E-state index >= 15 is 0 Å². The van der Waals surface area contributed by atoms with Gasteiger partial charge in [-0.2, -0.15) is 5.26 Å². The summed E-state index contributed by atoms with van der Waals surface area (Å²) in [5.74, 6) is 0.884. The van der Waals surface area contributed by atoms with Crippen LogP contribution in [0, 0.1) is 17.2 Å². The summed E-state index contributed by atoms with van der Waals surface area (Å²) in [4.78, 5) is 2.37. The van der Waals surface area contributed by atoms with Crippen LogP contribution in [0.4, 0.5) is 0 Å². The second kappa shape index (κ2) is 5.73. The van der Waals surface area contributed by atoms with Crippen molar-refractivity contribution in [1.29, 1.82) is 5.26 Å². The van der Waals surface area contributed by atoms with Crippen LogP contribution in [-0.2, 0) is 0 Å². The molecule has 1 aliphatic heterocycles. The Morgan fingerprint density at radius 1 is 1.33 bits per heavy atom. The van der Waals surface area contributed by atoms with Crippen LogP contribution >= 0.6 is 0 Å². The number of rotatable bonds is 3. The summed E-state index contributed by atoms with van der Waals surface area (Å²) in [7, 11) is 0. The van der Waals surface area contributed by atoms with Crippen molar-refractivity contribution in [2.45, 2.75) is 26.2 Å². The van der Waals surface area contributed by atoms with Crippen molar-refractivity contribution in [2.75, 3.05) is 13.1 Å². The molecule has 1 heterocycles. The van der Waals surface area contributed by atoms with Crippen molar-refractivity contribution < 1.29 is 0 Å². The summed E-state index contributed by atoms with van der Waals surface area (Å²) >= 11 is 0. The second-order valence-electron chi connectivity index (χ2n) is 4.97. The van der Waals surface area contributed by atoms with Crippen LogP contribution < -0.4 is 0 Å². The molecule has 1 fully saturated rings. The second-order valence-corrected chi connectivity index (χ2v) is 4.97. The zero-order chi connectivity index (χ0) is 13.0. The molecule has 0 atom stereocenters. The van der Waals surface area contributed by atoms with Crippen molar-refractivity contribution in [3.05, 3.63) is 42.0 Å². The van der Waals surface area contributed by atoms with E-state index in [-0.39, 0.29) is 0 Å². The lowest BCUT2D eigenvalue weighted by Crippen LogP contribution is -2.31. The first-order valence-electron chi connectivity index (χ1n) is 6.69. The van der Waals surface area contributed by atoms with Crippen LogP contribution in [0.25, 0.3) is 5.70 Å². The van der Waals surface area contributed by atoms with Gasteiger partial charge in [0.15, 0.2) is 0 Å². The highest BCUT2D eigenvalue weighted by Gasteiger charge is 2.19. The average Bonchev–Trinajstić information content (AvgIpc) is 2.47. The van der Waals surface area contributed by atoms with Gasteiger partial charge in [-0.25, -0.2) is 0 Å². The van der Waals surface area contributed by atoms with E-state index in [4.69, 9.17) is 5.26 Å². The van der Waals surface area contributed by atoms with Crippen LogP contribution in [0.3, 0.4) is 0 Å². The summed E-state index contributed by atoms with van der Waals surface area (Å²) in [6, 6.07) is 9.85. The Morgan fingerprint density at radius 3 is 2.44 bits per heavy atom. The minimum atomic E-state index is 0.705. The van der Waals surface area contributed by atoms with Crippen LogP contribution in [0.5, 0.6) is 0 Å². The quantitative estimate of drug-likeness (QED) is 0.806. The number of likely N-dealkylation sites (tertiary alicyclic amines) is 1. The van der Waals surface area contributed by atoms with E-state index in [0.717, 1.165) is 30.3 Å².